The summed E-state index contributed by atoms with van der Waals surface area (Å²) in [6.45, 7) is 1.23. The van der Waals surface area contributed by atoms with Crippen LogP contribution in [0.15, 0.2) is 58.5 Å². The third-order valence-electron chi connectivity index (χ3n) is 5.22. The Kier molecular flexibility index (Phi) is 6.50. The summed E-state index contributed by atoms with van der Waals surface area (Å²) in [5, 5.41) is 1.15. The van der Waals surface area contributed by atoms with E-state index in [-0.39, 0.29) is 11.7 Å². The number of fused-ring (bicyclic) bond motifs is 1. The highest BCUT2D eigenvalue weighted by Crippen LogP contribution is 2.22. The highest BCUT2D eigenvalue weighted by Gasteiger charge is 2.21. The van der Waals surface area contributed by atoms with E-state index >= 15 is 0 Å². The van der Waals surface area contributed by atoms with Crippen LogP contribution in [0.1, 0.15) is 28.8 Å². The van der Waals surface area contributed by atoms with Gasteiger partial charge in [0.1, 0.15) is 0 Å². The maximum absolute atomic E-state index is 13.3. The van der Waals surface area contributed by atoms with Gasteiger partial charge in [0.15, 0.2) is 5.16 Å². The molecule has 156 valence electrons. The number of carbonyl (C=O) groups excluding carboxylic acids is 1. The van der Waals surface area contributed by atoms with Gasteiger partial charge < -0.3 is 9.47 Å². The molecule has 0 saturated carbocycles. The lowest BCUT2D eigenvalue weighted by Gasteiger charge is -2.16. The minimum Gasteiger partial charge on any atom is -0.465 e. The van der Waals surface area contributed by atoms with Crippen molar-refractivity contribution in [1.29, 1.82) is 0 Å². The summed E-state index contributed by atoms with van der Waals surface area (Å²) in [6, 6.07) is 15.1. The zero-order chi connectivity index (χ0) is 20.9. The fraction of sp³-hybridized carbons (Fsp3) is 0.348. The van der Waals surface area contributed by atoms with Crippen LogP contribution in [0, 0.1) is 0 Å². The molecule has 1 aromatic heterocycles. The Labute approximate surface area is 179 Å². The summed E-state index contributed by atoms with van der Waals surface area (Å²) >= 11 is 1.55. The quantitative estimate of drug-likeness (QED) is 0.327. The van der Waals surface area contributed by atoms with Gasteiger partial charge in [0.05, 0.1) is 36.2 Å². The van der Waals surface area contributed by atoms with E-state index in [1.807, 2.05) is 18.2 Å². The Balaban J connectivity index is 1.67. The van der Waals surface area contributed by atoms with E-state index in [1.54, 1.807) is 34.5 Å². The number of hydrogen-bond acceptors (Lipinski definition) is 6. The van der Waals surface area contributed by atoms with Crippen molar-refractivity contribution in [1.82, 2.24) is 9.55 Å². The number of aryl methyl sites for hydroxylation is 1. The van der Waals surface area contributed by atoms with Crippen molar-refractivity contribution in [3.8, 4) is 0 Å². The lowest BCUT2D eigenvalue weighted by atomic mass is 10.1. The highest BCUT2D eigenvalue weighted by atomic mass is 32.2. The molecule has 0 aliphatic carbocycles. The number of carbonyl (C=O) groups is 1. The molecule has 1 aliphatic rings. The third kappa shape index (κ3) is 4.57. The zero-order valence-corrected chi connectivity index (χ0v) is 17.7. The van der Waals surface area contributed by atoms with Gasteiger partial charge in [0.2, 0.25) is 0 Å². The number of methoxy groups -OCH3 is 1. The highest BCUT2D eigenvalue weighted by molar-refractivity contribution is 7.99. The Bertz CT molecular complexity index is 1090. The van der Waals surface area contributed by atoms with Gasteiger partial charge >= 0.3 is 5.97 Å². The summed E-state index contributed by atoms with van der Waals surface area (Å²) in [5.41, 5.74) is 2.03. The first kappa shape index (κ1) is 20.6. The first-order valence-electron chi connectivity index (χ1n) is 10.1. The summed E-state index contributed by atoms with van der Waals surface area (Å²) in [4.78, 5) is 29.9. The maximum atomic E-state index is 13.3. The van der Waals surface area contributed by atoms with Crippen LogP contribution in [0.2, 0.25) is 0 Å². The Morgan fingerprint density at radius 1 is 1.27 bits per heavy atom. The Hall–Kier alpha value is -2.64. The molecule has 1 fully saturated rings. The van der Waals surface area contributed by atoms with E-state index in [1.165, 1.54) is 12.7 Å². The van der Waals surface area contributed by atoms with Crippen molar-refractivity contribution >= 4 is 28.6 Å². The molecular weight excluding hydrogens is 400 g/mol. The maximum Gasteiger partial charge on any atom is 0.337 e. The van der Waals surface area contributed by atoms with E-state index in [4.69, 9.17) is 14.5 Å². The van der Waals surface area contributed by atoms with Crippen LogP contribution in [0.25, 0.3) is 10.9 Å². The molecule has 2 aromatic carbocycles. The predicted molar refractivity (Wildman–Crippen MR) is 117 cm³/mol. The molecule has 1 aliphatic heterocycles. The van der Waals surface area contributed by atoms with E-state index in [2.05, 4.69) is 12.1 Å². The second kappa shape index (κ2) is 9.45. The van der Waals surface area contributed by atoms with Crippen molar-refractivity contribution in [3.63, 3.8) is 0 Å². The first-order chi connectivity index (χ1) is 14.7. The number of thioether (sulfide) groups is 1. The van der Waals surface area contributed by atoms with Gasteiger partial charge in [-0.2, -0.15) is 0 Å². The van der Waals surface area contributed by atoms with Gasteiger partial charge in [-0.1, -0.05) is 42.1 Å². The molecule has 30 heavy (non-hydrogen) atoms. The molecule has 7 heteroatoms. The third-order valence-corrected chi connectivity index (χ3v) is 6.19. The first-order valence-corrected chi connectivity index (χ1v) is 11.1. The molecular formula is C23H24N2O4S. The molecule has 0 bridgehead atoms. The number of aromatic nitrogens is 2. The average Bonchev–Trinajstić information content (AvgIpc) is 3.29. The smallest absolute Gasteiger partial charge is 0.337 e. The predicted octanol–water partition coefficient (Wildman–Crippen LogP) is 3.70. The van der Waals surface area contributed by atoms with Gasteiger partial charge in [-0.3, -0.25) is 9.36 Å². The van der Waals surface area contributed by atoms with Crippen LogP contribution in [0.3, 0.4) is 0 Å². The number of esters is 1. The molecule has 0 N–H and O–H groups in total. The molecule has 0 spiro atoms. The van der Waals surface area contributed by atoms with E-state index in [0.29, 0.717) is 28.2 Å². The van der Waals surface area contributed by atoms with Crippen LogP contribution in [0.4, 0.5) is 0 Å². The second-order valence-corrected chi connectivity index (χ2v) is 8.31. The Morgan fingerprint density at radius 3 is 2.83 bits per heavy atom. The fourth-order valence-electron chi connectivity index (χ4n) is 3.61. The number of rotatable bonds is 7. The number of benzene rings is 2. The largest absolute Gasteiger partial charge is 0.465 e. The van der Waals surface area contributed by atoms with Crippen molar-refractivity contribution in [2.75, 3.05) is 19.5 Å². The standard InChI is InChI=1S/C23H24N2O4S/c1-28-22(27)17-9-10-19-20(14-17)24-23(30-13-11-16-6-3-2-4-7-16)25(21(19)26)15-18-8-5-12-29-18/h2-4,6-7,9-10,14,18H,5,8,11-13,15H2,1H3. The molecule has 3 aromatic rings. The van der Waals surface area contributed by atoms with Crippen molar-refractivity contribution in [2.24, 2.45) is 0 Å². The van der Waals surface area contributed by atoms with Crippen molar-refractivity contribution < 1.29 is 14.3 Å². The van der Waals surface area contributed by atoms with Crippen molar-refractivity contribution in [2.45, 2.75) is 37.1 Å². The van der Waals surface area contributed by atoms with E-state index < -0.39 is 5.97 Å². The summed E-state index contributed by atoms with van der Waals surface area (Å²) < 4.78 is 12.3. The minimum absolute atomic E-state index is 0.0322. The molecule has 0 amide bonds. The summed E-state index contributed by atoms with van der Waals surface area (Å²) in [5.74, 6) is 0.352. The molecule has 6 nitrogen and oxygen atoms in total. The molecule has 4 rings (SSSR count). The van der Waals surface area contributed by atoms with Crippen LogP contribution < -0.4 is 5.56 Å². The topological polar surface area (TPSA) is 70.4 Å². The molecule has 1 unspecified atom stereocenters. The fourth-order valence-corrected chi connectivity index (χ4v) is 4.61. The summed E-state index contributed by atoms with van der Waals surface area (Å²) in [6.07, 6.45) is 2.87. The van der Waals surface area contributed by atoms with E-state index in [0.717, 1.165) is 31.6 Å². The zero-order valence-electron chi connectivity index (χ0n) is 16.9. The monoisotopic (exact) mass is 424 g/mol. The van der Waals surface area contributed by atoms with Gasteiger partial charge in [-0.25, -0.2) is 9.78 Å². The lowest BCUT2D eigenvalue weighted by Crippen LogP contribution is -2.29. The number of nitrogens with zero attached hydrogens (tertiary/aromatic N) is 2. The van der Waals surface area contributed by atoms with Crippen molar-refractivity contribution in [3.05, 3.63) is 70.0 Å². The van der Waals surface area contributed by atoms with Crippen LogP contribution in [-0.4, -0.2) is 41.1 Å². The second-order valence-electron chi connectivity index (χ2n) is 7.25. The van der Waals surface area contributed by atoms with Gasteiger partial charge in [-0.15, -0.1) is 0 Å². The van der Waals surface area contributed by atoms with Crippen LogP contribution in [-0.2, 0) is 22.4 Å². The molecule has 0 radical (unpaired) electrons. The number of ether oxygens (including phenoxy) is 2. The van der Waals surface area contributed by atoms with Gasteiger partial charge in [-0.05, 0) is 43.0 Å². The van der Waals surface area contributed by atoms with E-state index in [9.17, 15) is 9.59 Å². The van der Waals surface area contributed by atoms with Gasteiger partial charge in [0, 0.05) is 12.4 Å². The summed E-state index contributed by atoms with van der Waals surface area (Å²) in [7, 11) is 1.34. The molecule has 1 saturated heterocycles. The average molecular weight is 425 g/mol. The molecule has 1 atom stereocenters. The van der Waals surface area contributed by atoms with Crippen LogP contribution >= 0.6 is 11.8 Å². The SMILES string of the molecule is COC(=O)c1ccc2c(=O)n(CC3CCCO3)c(SCCc3ccccc3)nc2c1. The molecule has 2 heterocycles. The normalized spacial score (nSPS) is 16.1. The number of hydrogen-bond donors (Lipinski definition) is 0. The van der Waals surface area contributed by atoms with Gasteiger partial charge in [0.25, 0.3) is 5.56 Å². The minimum atomic E-state index is -0.444. The lowest BCUT2D eigenvalue weighted by molar-refractivity contribution is 0.0601. The van der Waals surface area contributed by atoms with Crippen LogP contribution in [0.5, 0.6) is 0 Å². The Morgan fingerprint density at radius 2 is 2.10 bits per heavy atom.